The molecule has 13 heteroatoms. The van der Waals surface area contributed by atoms with Crippen LogP contribution < -0.4 is 10.0 Å². The van der Waals surface area contributed by atoms with Crippen molar-refractivity contribution in [2.75, 3.05) is 12.4 Å². The summed E-state index contributed by atoms with van der Waals surface area (Å²) < 4.78 is 23.6. The molecule has 5 rings (SSSR count). The van der Waals surface area contributed by atoms with Crippen LogP contribution in [0.5, 0.6) is 0 Å². The number of methoxy groups -OCH3 is 1. The number of pyridine rings is 1. The van der Waals surface area contributed by atoms with Crippen LogP contribution in [-0.4, -0.2) is 43.2 Å². The Morgan fingerprint density at radius 2 is 1.93 bits per heavy atom. The van der Waals surface area contributed by atoms with E-state index in [2.05, 4.69) is 30.7 Å². The average Bonchev–Trinajstić information content (AvgIpc) is 3.67. The van der Waals surface area contributed by atoms with Gasteiger partial charge in [-0.15, -0.1) is 5.10 Å². The van der Waals surface area contributed by atoms with E-state index in [1.807, 2.05) is 25.3 Å². The predicted molar refractivity (Wildman–Crippen MR) is 145 cm³/mol. The highest BCUT2D eigenvalue weighted by Gasteiger charge is 2.25. The Bertz CT molecular complexity index is 1640. The number of rotatable bonds is 8. The molecule has 11 nitrogen and oxygen atoms in total. The number of halogens is 2. The van der Waals surface area contributed by atoms with Crippen molar-refractivity contribution in [2.24, 2.45) is 0 Å². The third-order valence-corrected chi connectivity index (χ3v) is 6.67. The summed E-state index contributed by atoms with van der Waals surface area (Å²) in [4.78, 5) is 11.4. The average molecular weight is 563 g/mol. The molecular formula is C27H24ClFN8O3. The summed E-state index contributed by atoms with van der Waals surface area (Å²) >= 11 is 6.07. The molecule has 1 amide bonds. The molecule has 1 N–H and O–H groups in total. The second-order valence-corrected chi connectivity index (χ2v) is 9.29. The highest BCUT2D eigenvalue weighted by atomic mass is 35.5. The number of nitrogens with zero attached hydrogens (tertiary/aromatic N) is 7. The molecule has 0 saturated carbocycles. The normalized spacial score (nSPS) is 11.8. The summed E-state index contributed by atoms with van der Waals surface area (Å²) in [5.74, 6) is -0.683. The van der Waals surface area contributed by atoms with Crippen molar-refractivity contribution in [3.05, 3.63) is 95.2 Å². The minimum absolute atomic E-state index is 0.0876. The summed E-state index contributed by atoms with van der Waals surface area (Å²) in [5.41, 5.74) is 3.54. The van der Waals surface area contributed by atoms with Crippen LogP contribution in [0.2, 0.25) is 5.02 Å². The van der Waals surface area contributed by atoms with E-state index in [4.69, 9.17) is 11.6 Å². The van der Waals surface area contributed by atoms with Crippen LogP contribution in [0.3, 0.4) is 0 Å². The minimum atomic E-state index is -0.683. The number of nitrogens with one attached hydrogen (secondary N) is 1. The zero-order chi connectivity index (χ0) is 28.2. The van der Waals surface area contributed by atoms with Gasteiger partial charge in [-0.3, -0.25) is 10.00 Å². The van der Waals surface area contributed by atoms with Crippen LogP contribution in [-0.2, 0) is 4.74 Å². The maximum Gasteiger partial charge on any atom is 0.411 e. The van der Waals surface area contributed by atoms with Crippen molar-refractivity contribution in [1.29, 1.82) is 0 Å². The molecule has 0 aliphatic heterocycles. The van der Waals surface area contributed by atoms with Gasteiger partial charge >= 0.3 is 6.09 Å². The molecule has 2 aromatic carbocycles. The molecule has 0 aliphatic carbocycles. The molecule has 1 atom stereocenters. The Labute approximate surface area is 233 Å². The van der Waals surface area contributed by atoms with Crippen LogP contribution in [0, 0.1) is 11.0 Å². The Morgan fingerprint density at radius 1 is 1.15 bits per heavy atom. The summed E-state index contributed by atoms with van der Waals surface area (Å²) in [6, 6.07) is 13.2. The number of anilines is 1. The fourth-order valence-corrected chi connectivity index (χ4v) is 4.60. The first kappa shape index (κ1) is 26.8. The second-order valence-electron chi connectivity index (χ2n) is 8.89. The molecule has 0 saturated heterocycles. The maximum absolute atomic E-state index is 15.2. The first-order chi connectivity index (χ1) is 19.4. The number of hydrogen-bond acceptors (Lipinski definition) is 7. The van der Waals surface area contributed by atoms with Crippen LogP contribution in [0.15, 0.2) is 73.4 Å². The zero-order valence-corrected chi connectivity index (χ0v) is 22.3. The summed E-state index contributed by atoms with van der Waals surface area (Å²) in [6.07, 6.45) is 7.12. The number of aromatic nitrogens is 7. The van der Waals surface area contributed by atoms with Gasteiger partial charge in [0.25, 0.3) is 0 Å². The standard InChI is InChI=1S/C27H24ClFN8O3/c1-3-4-22(35-14-19(13-31-35)17-5-8-20(9-6-17)32-27(38)40-2)23-11-7-18(15-37(23)39)25-24(36-16-30-33-34-36)12-10-21(28)26(25)29/h5-16,22H,3-4H2,1-2H3,(H,32,38)/t22-/m0/s1. The molecule has 3 aromatic heterocycles. The van der Waals surface area contributed by atoms with E-state index in [1.54, 1.807) is 41.2 Å². The van der Waals surface area contributed by atoms with Crippen molar-refractivity contribution >= 4 is 23.4 Å². The first-order valence-electron chi connectivity index (χ1n) is 12.3. The molecule has 204 valence electrons. The molecule has 3 heterocycles. The van der Waals surface area contributed by atoms with Gasteiger partial charge in [0.15, 0.2) is 12.0 Å². The van der Waals surface area contributed by atoms with Gasteiger partial charge in [-0.1, -0.05) is 37.1 Å². The number of amides is 1. The van der Waals surface area contributed by atoms with Crippen LogP contribution >= 0.6 is 11.6 Å². The lowest BCUT2D eigenvalue weighted by Gasteiger charge is -2.18. The van der Waals surface area contributed by atoms with Gasteiger partial charge in [0.05, 0.1) is 35.1 Å². The molecular weight excluding hydrogens is 539 g/mol. The first-order valence-corrected chi connectivity index (χ1v) is 12.7. The number of benzene rings is 2. The molecule has 0 spiro atoms. The van der Waals surface area contributed by atoms with Gasteiger partial charge in [0.1, 0.15) is 12.4 Å². The van der Waals surface area contributed by atoms with E-state index in [-0.39, 0.29) is 16.6 Å². The number of carbonyl (C=O) groups excluding carboxylic acids is 1. The van der Waals surface area contributed by atoms with Gasteiger partial charge in [-0.05, 0) is 52.7 Å². The van der Waals surface area contributed by atoms with E-state index in [0.717, 1.165) is 22.3 Å². The zero-order valence-electron chi connectivity index (χ0n) is 21.5. The van der Waals surface area contributed by atoms with Gasteiger partial charge in [-0.25, -0.2) is 9.18 Å². The van der Waals surface area contributed by atoms with Gasteiger partial charge in [0.2, 0.25) is 5.69 Å². The van der Waals surface area contributed by atoms with E-state index < -0.39 is 11.9 Å². The lowest BCUT2D eigenvalue weighted by molar-refractivity contribution is -0.615. The molecule has 0 bridgehead atoms. The van der Waals surface area contributed by atoms with E-state index in [0.29, 0.717) is 29.1 Å². The second kappa shape index (κ2) is 11.5. The van der Waals surface area contributed by atoms with E-state index in [1.165, 1.54) is 30.4 Å². The molecule has 0 aliphatic rings. The van der Waals surface area contributed by atoms with Gasteiger partial charge in [0, 0.05) is 23.5 Å². The Balaban J connectivity index is 1.47. The number of hydrogen-bond donors (Lipinski definition) is 1. The third kappa shape index (κ3) is 5.34. The molecule has 0 unspecified atom stereocenters. The largest absolute Gasteiger partial charge is 0.618 e. The molecule has 5 aromatic rings. The Morgan fingerprint density at radius 3 is 2.60 bits per heavy atom. The minimum Gasteiger partial charge on any atom is -0.618 e. The number of ether oxygens (including phenoxy) is 1. The van der Waals surface area contributed by atoms with Crippen molar-refractivity contribution in [3.63, 3.8) is 0 Å². The lowest BCUT2D eigenvalue weighted by Crippen LogP contribution is -2.35. The van der Waals surface area contributed by atoms with Crippen LogP contribution in [0.1, 0.15) is 31.5 Å². The fraction of sp³-hybridized carbons (Fsp3) is 0.185. The summed E-state index contributed by atoms with van der Waals surface area (Å²) in [6.45, 7) is 2.02. The fourth-order valence-electron chi connectivity index (χ4n) is 4.44. The number of tetrazole rings is 1. The maximum atomic E-state index is 15.2. The monoisotopic (exact) mass is 562 g/mol. The Hall–Kier alpha value is -4.84. The van der Waals surface area contributed by atoms with Gasteiger partial charge in [-0.2, -0.15) is 14.5 Å². The number of carbonyl (C=O) groups is 1. The van der Waals surface area contributed by atoms with E-state index in [9.17, 15) is 10.0 Å². The van der Waals surface area contributed by atoms with Crippen LogP contribution in [0.4, 0.5) is 14.9 Å². The Kier molecular flexibility index (Phi) is 7.69. The van der Waals surface area contributed by atoms with E-state index >= 15 is 4.39 Å². The van der Waals surface area contributed by atoms with Crippen molar-refractivity contribution in [2.45, 2.75) is 25.8 Å². The highest BCUT2D eigenvalue weighted by Crippen LogP contribution is 2.34. The summed E-state index contributed by atoms with van der Waals surface area (Å²) in [7, 11) is 1.30. The topological polar surface area (TPSA) is 127 Å². The molecule has 40 heavy (non-hydrogen) atoms. The van der Waals surface area contributed by atoms with Crippen LogP contribution in [0.25, 0.3) is 27.9 Å². The summed E-state index contributed by atoms with van der Waals surface area (Å²) in [5, 5.41) is 31.5. The van der Waals surface area contributed by atoms with Gasteiger partial charge < -0.3 is 9.94 Å². The highest BCUT2D eigenvalue weighted by molar-refractivity contribution is 6.31. The third-order valence-electron chi connectivity index (χ3n) is 6.38. The van der Waals surface area contributed by atoms with Crippen molar-refractivity contribution in [1.82, 2.24) is 30.0 Å². The smallest absolute Gasteiger partial charge is 0.411 e. The lowest BCUT2D eigenvalue weighted by atomic mass is 10.0. The molecule has 0 radical (unpaired) electrons. The molecule has 0 fully saturated rings. The predicted octanol–water partition coefficient (Wildman–Crippen LogP) is 5.19. The quantitative estimate of drug-likeness (QED) is 0.204. The van der Waals surface area contributed by atoms with Crippen molar-refractivity contribution < 1.29 is 18.7 Å². The van der Waals surface area contributed by atoms with Crippen molar-refractivity contribution in [3.8, 4) is 27.9 Å². The SMILES string of the molecule is CCC[C@@H](c1ccc(-c2c(-n3cnnn3)ccc(Cl)c2F)c[n+]1[O-])n1cc(-c2ccc(NC(=O)OC)cc2)cn1.